The van der Waals surface area contributed by atoms with Crippen LogP contribution >= 0.6 is 0 Å². The molecule has 1 aliphatic rings. The Bertz CT molecular complexity index is 201. The monoisotopic (exact) mass is 169 g/mol. The molecule has 1 saturated heterocycles. The topological polar surface area (TPSA) is 46.2 Å². The maximum atomic E-state index is 11.0. The number of ketones is 1. The van der Waals surface area contributed by atoms with Gasteiger partial charge in [0.2, 0.25) is 5.91 Å². The second-order valence-electron chi connectivity index (χ2n) is 3.35. The molecular weight excluding hydrogens is 154 g/mol. The van der Waals surface area contributed by atoms with Crippen LogP contribution in [0.15, 0.2) is 0 Å². The van der Waals surface area contributed by atoms with Gasteiger partial charge in [-0.2, -0.15) is 0 Å². The van der Waals surface area contributed by atoms with Crippen molar-refractivity contribution < 1.29 is 9.59 Å². The highest BCUT2D eigenvalue weighted by Gasteiger charge is 2.41. The summed E-state index contributed by atoms with van der Waals surface area (Å²) in [5.41, 5.74) is 0. The molecule has 1 heterocycles. The minimum absolute atomic E-state index is 0.0394. The lowest BCUT2D eigenvalue weighted by molar-refractivity contribution is -0.142. The van der Waals surface area contributed by atoms with Gasteiger partial charge in [0.05, 0.1) is 12.0 Å². The van der Waals surface area contributed by atoms with Crippen LogP contribution in [0.2, 0.25) is 0 Å². The second kappa shape index (κ2) is 3.70. The van der Waals surface area contributed by atoms with Gasteiger partial charge in [-0.05, 0) is 13.3 Å². The highest BCUT2D eigenvalue weighted by atomic mass is 16.2. The third-order valence-electron chi connectivity index (χ3n) is 2.34. The van der Waals surface area contributed by atoms with E-state index in [2.05, 4.69) is 12.2 Å². The molecule has 0 spiro atoms. The quantitative estimate of drug-likeness (QED) is 0.635. The zero-order valence-corrected chi connectivity index (χ0v) is 7.59. The fraction of sp³-hybridized carbons (Fsp3) is 0.778. The number of Topliss-reactive ketones (excluding diaryl/α,β-unsaturated/α-hetero) is 1. The minimum Gasteiger partial charge on any atom is -0.345 e. The summed E-state index contributed by atoms with van der Waals surface area (Å²) < 4.78 is 0. The van der Waals surface area contributed by atoms with Crippen LogP contribution in [0.25, 0.3) is 0 Å². The first-order valence-corrected chi connectivity index (χ1v) is 4.47. The predicted octanol–water partition coefficient (Wildman–Crippen LogP) is 0.880. The number of carbonyl (C=O) groups excluding carboxylic acids is 2. The van der Waals surface area contributed by atoms with Gasteiger partial charge in [-0.1, -0.05) is 19.8 Å². The van der Waals surface area contributed by atoms with E-state index >= 15 is 0 Å². The number of hydrogen-bond acceptors (Lipinski definition) is 2. The fourth-order valence-corrected chi connectivity index (χ4v) is 1.52. The van der Waals surface area contributed by atoms with Gasteiger partial charge in [0.25, 0.3) is 0 Å². The van der Waals surface area contributed by atoms with Crippen LogP contribution in [0.1, 0.15) is 33.1 Å². The summed E-state index contributed by atoms with van der Waals surface area (Å²) in [6.45, 7) is 3.61. The molecule has 1 amide bonds. The van der Waals surface area contributed by atoms with Crippen molar-refractivity contribution in [3.63, 3.8) is 0 Å². The van der Waals surface area contributed by atoms with Crippen LogP contribution < -0.4 is 5.32 Å². The predicted molar refractivity (Wildman–Crippen MR) is 45.6 cm³/mol. The zero-order valence-electron chi connectivity index (χ0n) is 7.59. The molecule has 0 bridgehead atoms. The van der Waals surface area contributed by atoms with Gasteiger partial charge in [0.15, 0.2) is 5.78 Å². The van der Waals surface area contributed by atoms with E-state index in [1.54, 1.807) is 0 Å². The van der Waals surface area contributed by atoms with Crippen LogP contribution in [0.3, 0.4) is 0 Å². The van der Waals surface area contributed by atoms with E-state index in [1.165, 1.54) is 6.92 Å². The van der Waals surface area contributed by atoms with E-state index in [1.807, 2.05) is 0 Å². The molecule has 0 aliphatic carbocycles. The number of unbranched alkanes of at least 4 members (excludes halogenated alkanes) is 1. The number of carbonyl (C=O) groups is 2. The molecule has 0 saturated carbocycles. The molecule has 1 aliphatic heterocycles. The average molecular weight is 169 g/mol. The first kappa shape index (κ1) is 9.23. The normalized spacial score (nSPS) is 27.7. The SMILES string of the molecule is CCCC[C@@H]1C(=O)N[C@@H]1C(C)=O. The van der Waals surface area contributed by atoms with Crippen molar-refractivity contribution >= 4 is 11.7 Å². The van der Waals surface area contributed by atoms with Crippen LogP contribution in [0.4, 0.5) is 0 Å². The molecule has 2 atom stereocenters. The van der Waals surface area contributed by atoms with Crippen molar-refractivity contribution in [2.24, 2.45) is 5.92 Å². The number of amides is 1. The Morgan fingerprint density at radius 2 is 2.25 bits per heavy atom. The average Bonchev–Trinajstić information content (AvgIpc) is 2.00. The summed E-state index contributed by atoms with van der Waals surface area (Å²) in [5, 5.41) is 2.61. The van der Waals surface area contributed by atoms with Crippen molar-refractivity contribution in [1.82, 2.24) is 5.32 Å². The summed E-state index contributed by atoms with van der Waals surface area (Å²) in [7, 11) is 0. The molecule has 0 radical (unpaired) electrons. The molecule has 0 unspecified atom stereocenters. The minimum atomic E-state index is -0.191. The first-order valence-electron chi connectivity index (χ1n) is 4.47. The Morgan fingerprint density at radius 3 is 2.67 bits per heavy atom. The van der Waals surface area contributed by atoms with E-state index < -0.39 is 0 Å². The Labute approximate surface area is 72.5 Å². The van der Waals surface area contributed by atoms with Crippen molar-refractivity contribution in [3.05, 3.63) is 0 Å². The van der Waals surface area contributed by atoms with E-state index in [0.717, 1.165) is 19.3 Å². The van der Waals surface area contributed by atoms with Crippen LogP contribution in [0, 0.1) is 5.92 Å². The van der Waals surface area contributed by atoms with Crippen LogP contribution in [-0.4, -0.2) is 17.7 Å². The molecular formula is C9H15NO2. The fourth-order valence-electron chi connectivity index (χ4n) is 1.52. The summed E-state index contributed by atoms with van der Waals surface area (Å²) in [6.07, 6.45) is 2.96. The highest BCUT2D eigenvalue weighted by Crippen LogP contribution is 2.21. The van der Waals surface area contributed by atoms with E-state index in [4.69, 9.17) is 0 Å². The Kier molecular flexibility index (Phi) is 2.84. The van der Waals surface area contributed by atoms with Gasteiger partial charge < -0.3 is 5.32 Å². The maximum absolute atomic E-state index is 11.0. The number of β-lactam (4-membered cyclic amide) rings is 1. The summed E-state index contributed by atoms with van der Waals surface area (Å²) in [4.78, 5) is 21.9. The highest BCUT2D eigenvalue weighted by molar-refractivity contribution is 5.99. The molecule has 0 aromatic rings. The van der Waals surface area contributed by atoms with E-state index in [9.17, 15) is 9.59 Å². The van der Waals surface area contributed by atoms with Crippen molar-refractivity contribution in [2.45, 2.75) is 39.2 Å². The molecule has 0 aromatic carbocycles. The number of hydrogen-bond donors (Lipinski definition) is 1. The largest absolute Gasteiger partial charge is 0.345 e. The Hall–Kier alpha value is -0.860. The van der Waals surface area contributed by atoms with Crippen molar-refractivity contribution in [2.75, 3.05) is 0 Å². The smallest absolute Gasteiger partial charge is 0.226 e. The molecule has 1 rings (SSSR count). The molecule has 1 fully saturated rings. The summed E-state index contributed by atoms with van der Waals surface area (Å²) in [6, 6.07) is -0.191. The van der Waals surface area contributed by atoms with Crippen LogP contribution in [-0.2, 0) is 9.59 Å². The molecule has 68 valence electrons. The lowest BCUT2D eigenvalue weighted by atomic mass is 9.84. The lowest BCUT2D eigenvalue weighted by Crippen LogP contribution is -2.61. The summed E-state index contributed by atoms with van der Waals surface area (Å²) in [5.74, 6) is 0.0850. The van der Waals surface area contributed by atoms with Gasteiger partial charge in [-0.15, -0.1) is 0 Å². The van der Waals surface area contributed by atoms with Crippen LogP contribution in [0.5, 0.6) is 0 Å². The zero-order chi connectivity index (χ0) is 9.14. The van der Waals surface area contributed by atoms with E-state index in [-0.39, 0.29) is 23.7 Å². The van der Waals surface area contributed by atoms with Gasteiger partial charge in [0.1, 0.15) is 0 Å². The standard InChI is InChI=1S/C9H15NO2/c1-3-4-5-7-8(6(2)11)10-9(7)12/h7-8H,3-5H2,1-2H3,(H,10,12)/t7-,8+/m0/s1. The molecule has 1 N–H and O–H groups in total. The summed E-state index contributed by atoms with van der Waals surface area (Å²) >= 11 is 0. The van der Waals surface area contributed by atoms with Crippen molar-refractivity contribution in [3.8, 4) is 0 Å². The molecule has 3 heteroatoms. The first-order chi connectivity index (χ1) is 5.66. The lowest BCUT2D eigenvalue weighted by Gasteiger charge is -2.34. The number of nitrogens with one attached hydrogen (secondary N) is 1. The Morgan fingerprint density at radius 1 is 1.58 bits per heavy atom. The third-order valence-corrected chi connectivity index (χ3v) is 2.34. The molecule has 3 nitrogen and oxygen atoms in total. The van der Waals surface area contributed by atoms with Gasteiger partial charge in [-0.3, -0.25) is 9.59 Å². The second-order valence-corrected chi connectivity index (χ2v) is 3.35. The third kappa shape index (κ3) is 1.65. The van der Waals surface area contributed by atoms with Gasteiger partial charge in [-0.25, -0.2) is 0 Å². The van der Waals surface area contributed by atoms with E-state index in [0.29, 0.717) is 0 Å². The maximum Gasteiger partial charge on any atom is 0.226 e. The molecule has 12 heavy (non-hydrogen) atoms. The van der Waals surface area contributed by atoms with Gasteiger partial charge in [0, 0.05) is 0 Å². The van der Waals surface area contributed by atoms with Gasteiger partial charge >= 0.3 is 0 Å². The molecule has 0 aromatic heterocycles. The number of rotatable bonds is 4. The Balaban J connectivity index is 2.39. The van der Waals surface area contributed by atoms with Crippen molar-refractivity contribution in [1.29, 1.82) is 0 Å².